The maximum absolute atomic E-state index is 12.0. The highest BCUT2D eigenvalue weighted by molar-refractivity contribution is 14.0. The van der Waals surface area contributed by atoms with Gasteiger partial charge in [0.25, 0.3) is 5.91 Å². The van der Waals surface area contributed by atoms with Crippen molar-refractivity contribution in [1.29, 1.82) is 0 Å². The van der Waals surface area contributed by atoms with Crippen molar-refractivity contribution in [1.82, 2.24) is 16.0 Å². The van der Waals surface area contributed by atoms with Crippen LogP contribution in [0.15, 0.2) is 29.3 Å². The fraction of sp³-hybridized carbons (Fsp3) is 0.529. The summed E-state index contributed by atoms with van der Waals surface area (Å²) in [6.07, 6.45) is 0.883. The van der Waals surface area contributed by atoms with E-state index < -0.39 is 0 Å². The van der Waals surface area contributed by atoms with Crippen LogP contribution in [0.2, 0.25) is 5.02 Å². The molecule has 1 aromatic carbocycles. The van der Waals surface area contributed by atoms with Gasteiger partial charge in [-0.1, -0.05) is 23.7 Å². The summed E-state index contributed by atoms with van der Waals surface area (Å²) in [6.45, 7) is 7.97. The first kappa shape index (κ1) is 23.9. The summed E-state index contributed by atoms with van der Waals surface area (Å²) in [6, 6.07) is 6.99. The molecule has 8 heteroatoms. The third-order valence-corrected chi connectivity index (χ3v) is 3.42. The minimum Gasteiger partial charge on any atom is -0.382 e. The van der Waals surface area contributed by atoms with E-state index in [1.165, 1.54) is 0 Å². The molecule has 25 heavy (non-hydrogen) atoms. The van der Waals surface area contributed by atoms with Crippen molar-refractivity contribution in [2.45, 2.75) is 20.3 Å². The summed E-state index contributed by atoms with van der Waals surface area (Å²) in [4.78, 5) is 16.5. The Morgan fingerprint density at radius 2 is 1.88 bits per heavy atom. The topological polar surface area (TPSA) is 74.8 Å². The number of aliphatic imine (C=N–C) groups is 1. The molecule has 0 bridgehead atoms. The quantitative estimate of drug-likeness (QED) is 0.207. The van der Waals surface area contributed by atoms with Gasteiger partial charge in [-0.15, -0.1) is 24.0 Å². The van der Waals surface area contributed by atoms with Gasteiger partial charge in [-0.25, -0.2) is 0 Å². The van der Waals surface area contributed by atoms with Crippen LogP contribution >= 0.6 is 35.6 Å². The number of guanidine groups is 1. The first-order chi connectivity index (χ1) is 11.7. The molecule has 1 aromatic rings. The van der Waals surface area contributed by atoms with Crippen LogP contribution in [-0.4, -0.2) is 51.3 Å². The van der Waals surface area contributed by atoms with E-state index in [1.54, 1.807) is 24.3 Å². The molecule has 142 valence electrons. The van der Waals surface area contributed by atoms with Crippen molar-refractivity contribution < 1.29 is 9.53 Å². The van der Waals surface area contributed by atoms with Crippen molar-refractivity contribution in [2.24, 2.45) is 4.99 Å². The summed E-state index contributed by atoms with van der Waals surface area (Å²) in [5.41, 5.74) is 0.482. The van der Waals surface area contributed by atoms with Crippen molar-refractivity contribution in [3.8, 4) is 0 Å². The maximum Gasteiger partial charge on any atom is 0.252 e. The lowest BCUT2D eigenvalue weighted by molar-refractivity contribution is 0.0954. The van der Waals surface area contributed by atoms with Crippen molar-refractivity contribution in [2.75, 3.05) is 39.4 Å². The minimum atomic E-state index is -0.180. The lowest BCUT2D eigenvalue weighted by Crippen LogP contribution is -2.41. The second-order valence-corrected chi connectivity index (χ2v) is 5.38. The molecule has 0 atom stereocenters. The van der Waals surface area contributed by atoms with Gasteiger partial charge in [0.1, 0.15) is 0 Å². The number of amides is 1. The highest BCUT2D eigenvalue weighted by Crippen LogP contribution is 2.14. The summed E-state index contributed by atoms with van der Waals surface area (Å²) in [5, 5.41) is 9.63. The summed E-state index contributed by atoms with van der Waals surface area (Å²) >= 11 is 6.00. The average Bonchev–Trinajstić information content (AvgIpc) is 2.58. The molecule has 0 aliphatic carbocycles. The fourth-order valence-corrected chi connectivity index (χ4v) is 2.16. The van der Waals surface area contributed by atoms with Gasteiger partial charge < -0.3 is 20.7 Å². The summed E-state index contributed by atoms with van der Waals surface area (Å²) in [5.74, 6) is 0.557. The van der Waals surface area contributed by atoms with Crippen molar-refractivity contribution in [3.63, 3.8) is 0 Å². The second-order valence-electron chi connectivity index (χ2n) is 4.97. The number of hydrogen-bond acceptors (Lipinski definition) is 3. The number of nitrogens with zero attached hydrogens (tertiary/aromatic N) is 1. The second kappa shape index (κ2) is 15.2. The number of nitrogens with one attached hydrogen (secondary N) is 3. The minimum absolute atomic E-state index is 0. The zero-order valence-electron chi connectivity index (χ0n) is 14.8. The smallest absolute Gasteiger partial charge is 0.252 e. The Hall–Kier alpha value is -1.06. The Morgan fingerprint density at radius 3 is 2.56 bits per heavy atom. The maximum atomic E-state index is 12.0. The van der Waals surface area contributed by atoms with Crippen LogP contribution in [0.3, 0.4) is 0 Å². The van der Waals surface area contributed by atoms with Crippen LogP contribution in [-0.2, 0) is 4.74 Å². The van der Waals surface area contributed by atoms with Crippen molar-refractivity contribution in [3.05, 3.63) is 34.9 Å². The third kappa shape index (κ3) is 10.5. The van der Waals surface area contributed by atoms with E-state index >= 15 is 0 Å². The zero-order valence-corrected chi connectivity index (χ0v) is 17.9. The largest absolute Gasteiger partial charge is 0.382 e. The van der Waals surface area contributed by atoms with Gasteiger partial charge in [0.15, 0.2) is 5.96 Å². The highest BCUT2D eigenvalue weighted by Gasteiger charge is 2.08. The molecule has 1 amide bonds. The van der Waals surface area contributed by atoms with Crippen molar-refractivity contribution >= 4 is 47.4 Å². The van der Waals surface area contributed by atoms with E-state index in [-0.39, 0.29) is 29.9 Å². The predicted molar refractivity (Wildman–Crippen MR) is 114 cm³/mol. The van der Waals surface area contributed by atoms with Gasteiger partial charge in [0.05, 0.1) is 10.6 Å². The molecule has 0 unspecified atom stereocenters. The molecule has 0 aliphatic rings. The molecule has 0 saturated heterocycles. The molecule has 0 aliphatic heterocycles. The Kier molecular flexibility index (Phi) is 14.6. The fourth-order valence-electron chi connectivity index (χ4n) is 1.94. The first-order valence-electron chi connectivity index (χ1n) is 8.31. The monoisotopic (exact) mass is 482 g/mol. The van der Waals surface area contributed by atoms with Gasteiger partial charge in [0.2, 0.25) is 0 Å². The van der Waals surface area contributed by atoms with E-state index in [0.717, 1.165) is 25.5 Å². The molecule has 0 fully saturated rings. The van der Waals surface area contributed by atoms with Gasteiger partial charge in [-0.3, -0.25) is 9.79 Å². The summed E-state index contributed by atoms with van der Waals surface area (Å²) in [7, 11) is 0. The number of ether oxygens (including phenoxy) is 1. The van der Waals surface area contributed by atoms with Crippen LogP contribution in [0.25, 0.3) is 0 Å². The van der Waals surface area contributed by atoms with Crippen LogP contribution in [0.4, 0.5) is 0 Å². The lowest BCUT2D eigenvalue weighted by Gasteiger charge is -2.12. The predicted octanol–water partition coefficient (Wildman–Crippen LogP) is 2.67. The highest BCUT2D eigenvalue weighted by atomic mass is 127. The molecule has 3 N–H and O–H groups in total. The SMILES string of the molecule is CCNC(=NCCCOCC)NCCNC(=O)c1ccccc1Cl.I. The van der Waals surface area contributed by atoms with Crippen LogP contribution in [0.1, 0.15) is 30.6 Å². The summed E-state index contributed by atoms with van der Waals surface area (Å²) < 4.78 is 5.28. The molecule has 0 aromatic heterocycles. The molecule has 0 heterocycles. The molecule has 0 spiro atoms. The molecule has 1 rings (SSSR count). The molecular weight excluding hydrogens is 455 g/mol. The number of benzene rings is 1. The molecular formula is C17H28ClIN4O2. The number of carbonyl (C=O) groups excluding carboxylic acids is 1. The lowest BCUT2D eigenvalue weighted by atomic mass is 10.2. The first-order valence-corrected chi connectivity index (χ1v) is 8.69. The number of hydrogen-bond donors (Lipinski definition) is 3. The van der Waals surface area contributed by atoms with E-state index in [4.69, 9.17) is 16.3 Å². The van der Waals surface area contributed by atoms with Crippen LogP contribution < -0.4 is 16.0 Å². The number of halogens is 2. The number of rotatable bonds is 10. The van der Waals surface area contributed by atoms with Crippen LogP contribution in [0.5, 0.6) is 0 Å². The standard InChI is InChI=1S/C17H27ClN4O2.HI/c1-3-19-17(21-10-7-13-24-4-2)22-12-11-20-16(23)14-8-5-6-9-15(14)18;/h5-6,8-9H,3-4,7,10-13H2,1-2H3,(H,20,23)(H2,19,21,22);1H. The zero-order chi connectivity index (χ0) is 17.6. The normalized spacial score (nSPS) is 10.8. The Labute approximate surface area is 172 Å². The molecule has 0 saturated carbocycles. The van der Waals surface area contributed by atoms with E-state index in [0.29, 0.717) is 36.8 Å². The van der Waals surface area contributed by atoms with E-state index in [1.807, 2.05) is 13.8 Å². The van der Waals surface area contributed by atoms with Gasteiger partial charge >= 0.3 is 0 Å². The number of carbonyl (C=O) groups is 1. The Morgan fingerprint density at radius 1 is 1.16 bits per heavy atom. The Balaban J connectivity index is 0.00000576. The van der Waals surface area contributed by atoms with E-state index in [9.17, 15) is 4.79 Å². The van der Waals surface area contributed by atoms with Gasteiger partial charge in [-0.2, -0.15) is 0 Å². The molecule has 6 nitrogen and oxygen atoms in total. The third-order valence-electron chi connectivity index (χ3n) is 3.09. The average molecular weight is 483 g/mol. The van der Waals surface area contributed by atoms with Gasteiger partial charge in [-0.05, 0) is 32.4 Å². The van der Waals surface area contributed by atoms with Gasteiger partial charge in [0, 0.05) is 39.4 Å². The molecule has 0 radical (unpaired) electrons. The Bertz CT molecular complexity index is 529. The van der Waals surface area contributed by atoms with Crippen LogP contribution in [0, 0.1) is 0 Å². The van der Waals surface area contributed by atoms with E-state index in [2.05, 4.69) is 20.9 Å².